The smallest absolute Gasteiger partial charge is 0.191 e. The molecule has 0 bridgehead atoms. The highest BCUT2D eigenvalue weighted by atomic mass is 127. The molecule has 0 aliphatic rings. The Bertz CT molecular complexity index is 764. The second kappa shape index (κ2) is 12.2. The minimum atomic E-state index is 0. The van der Waals surface area contributed by atoms with Gasteiger partial charge >= 0.3 is 0 Å². The number of aromatic nitrogens is 2. The fourth-order valence-electron chi connectivity index (χ4n) is 3.17. The van der Waals surface area contributed by atoms with Crippen molar-refractivity contribution in [3.8, 4) is 0 Å². The molecule has 0 atom stereocenters. The number of hydrogen-bond acceptors (Lipinski definition) is 2. The molecule has 0 aliphatic carbocycles. The first-order valence-electron chi connectivity index (χ1n) is 9.38. The molecule has 28 heavy (non-hydrogen) atoms. The van der Waals surface area contributed by atoms with Crippen LogP contribution in [0.15, 0.2) is 84.1 Å². The van der Waals surface area contributed by atoms with Crippen LogP contribution in [-0.2, 0) is 6.54 Å². The van der Waals surface area contributed by atoms with Gasteiger partial charge in [-0.15, -0.1) is 24.0 Å². The van der Waals surface area contributed by atoms with Gasteiger partial charge < -0.3 is 10.6 Å². The average Bonchev–Trinajstić information content (AvgIpc) is 3.24. The van der Waals surface area contributed by atoms with E-state index in [1.807, 2.05) is 16.9 Å². The van der Waals surface area contributed by atoms with Gasteiger partial charge in [-0.05, 0) is 23.6 Å². The maximum Gasteiger partial charge on any atom is 0.191 e. The van der Waals surface area contributed by atoms with E-state index < -0.39 is 0 Å². The summed E-state index contributed by atoms with van der Waals surface area (Å²) in [5, 5.41) is 11.0. The SMILES string of the molecule is CN=C(NCCC(c1ccccc1)c1ccccc1)NCCn1cccn1.I. The molecule has 1 heterocycles. The summed E-state index contributed by atoms with van der Waals surface area (Å²) < 4.78 is 1.90. The van der Waals surface area contributed by atoms with E-state index in [1.54, 1.807) is 13.2 Å². The summed E-state index contributed by atoms with van der Waals surface area (Å²) in [5.74, 6) is 1.18. The van der Waals surface area contributed by atoms with Gasteiger partial charge in [0.15, 0.2) is 5.96 Å². The highest BCUT2D eigenvalue weighted by molar-refractivity contribution is 14.0. The quantitative estimate of drug-likeness (QED) is 0.287. The van der Waals surface area contributed by atoms with Crippen molar-refractivity contribution < 1.29 is 0 Å². The topological polar surface area (TPSA) is 54.2 Å². The van der Waals surface area contributed by atoms with Crippen LogP contribution in [0.1, 0.15) is 23.5 Å². The molecule has 1 aromatic heterocycles. The Balaban J connectivity index is 0.00000280. The molecule has 0 aliphatic heterocycles. The van der Waals surface area contributed by atoms with Crippen LogP contribution in [0.25, 0.3) is 0 Å². The first-order chi connectivity index (χ1) is 13.4. The molecular formula is C22H28IN5. The number of benzene rings is 2. The predicted octanol–water partition coefficient (Wildman–Crippen LogP) is 3.89. The molecule has 0 unspecified atom stereocenters. The van der Waals surface area contributed by atoms with Gasteiger partial charge in [0.2, 0.25) is 0 Å². The van der Waals surface area contributed by atoms with E-state index in [0.29, 0.717) is 5.92 Å². The summed E-state index contributed by atoms with van der Waals surface area (Å²) in [6.45, 7) is 2.43. The van der Waals surface area contributed by atoms with Crippen molar-refractivity contribution in [1.29, 1.82) is 0 Å². The highest BCUT2D eigenvalue weighted by Gasteiger charge is 2.13. The van der Waals surface area contributed by atoms with Crippen molar-refractivity contribution in [3.63, 3.8) is 0 Å². The molecule has 0 saturated heterocycles. The lowest BCUT2D eigenvalue weighted by molar-refractivity contribution is 0.595. The lowest BCUT2D eigenvalue weighted by Crippen LogP contribution is -2.39. The van der Waals surface area contributed by atoms with Gasteiger partial charge in [-0.3, -0.25) is 9.67 Å². The Morgan fingerprint density at radius 1 is 0.929 bits per heavy atom. The maximum absolute atomic E-state index is 4.31. The van der Waals surface area contributed by atoms with Gasteiger partial charge in [0.05, 0.1) is 6.54 Å². The standard InChI is InChI=1S/C22H27N5.HI/c1-23-22(25-16-18-27-17-8-14-26-27)24-15-13-21(19-9-4-2-5-10-19)20-11-6-3-7-12-20;/h2-12,14,17,21H,13,15-16,18H2,1H3,(H2,23,24,25);1H. The number of aliphatic imine (C=N–C) groups is 1. The van der Waals surface area contributed by atoms with E-state index in [-0.39, 0.29) is 24.0 Å². The van der Waals surface area contributed by atoms with Crippen LogP contribution in [0.4, 0.5) is 0 Å². The zero-order valence-electron chi connectivity index (χ0n) is 16.2. The van der Waals surface area contributed by atoms with E-state index in [9.17, 15) is 0 Å². The van der Waals surface area contributed by atoms with E-state index in [4.69, 9.17) is 0 Å². The average molecular weight is 489 g/mol. The lowest BCUT2D eigenvalue weighted by Gasteiger charge is -2.19. The van der Waals surface area contributed by atoms with Gasteiger partial charge in [0, 0.05) is 38.4 Å². The van der Waals surface area contributed by atoms with Crippen molar-refractivity contribution in [1.82, 2.24) is 20.4 Å². The van der Waals surface area contributed by atoms with Crippen molar-refractivity contribution in [3.05, 3.63) is 90.3 Å². The van der Waals surface area contributed by atoms with E-state index in [2.05, 4.69) is 81.4 Å². The minimum absolute atomic E-state index is 0. The molecule has 6 heteroatoms. The number of rotatable bonds is 8. The second-order valence-corrected chi connectivity index (χ2v) is 6.36. The maximum atomic E-state index is 4.31. The molecule has 0 saturated carbocycles. The van der Waals surface area contributed by atoms with Crippen molar-refractivity contribution >= 4 is 29.9 Å². The molecule has 5 nitrogen and oxygen atoms in total. The van der Waals surface area contributed by atoms with Crippen LogP contribution in [0.2, 0.25) is 0 Å². The summed E-state index contributed by atoms with van der Waals surface area (Å²) in [4.78, 5) is 4.31. The molecule has 0 radical (unpaired) electrons. The molecule has 148 valence electrons. The van der Waals surface area contributed by atoms with Gasteiger partial charge in [-0.1, -0.05) is 60.7 Å². The van der Waals surface area contributed by atoms with Crippen molar-refractivity contribution in [2.75, 3.05) is 20.1 Å². The summed E-state index contributed by atoms with van der Waals surface area (Å²) >= 11 is 0. The van der Waals surface area contributed by atoms with Crippen LogP contribution in [0.3, 0.4) is 0 Å². The monoisotopic (exact) mass is 489 g/mol. The summed E-state index contributed by atoms with van der Waals surface area (Å²) in [6.07, 6.45) is 4.75. The molecule has 3 aromatic rings. The van der Waals surface area contributed by atoms with E-state index in [1.165, 1.54) is 11.1 Å². The zero-order valence-corrected chi connectivity index (χ0v) is 18.5. The highest BCUT2D eigenvalue weighted by Crippen LogP contribution is 2.27. The predicted molar refractivity (Wildman–Crippen MR) is 126 cm³/mol. The second-order valence-electron chi connectivity index (χ2n) is 6.36. The van der Waals surface area contributed by atoms with Crippen molar-refractivity contribution in [2.45, 2.75) is 18.9 Å². The molecule has 0 fully saturated rings. The van der Waals surface area contributed by atoms with Gasteiger partial charge in [0.1, 0.15) is 0 Å². The third kappa shape index (κ3) is 6.67. The first-order valence-corrected chi connectivity index (χ1v) is 9.38. The summed E-state index contributed by atoms with van der Waals surface area (Å²) in [6, 6.07) is 23.3. The van der Waals surface area contributed by atoms with Gasteiger partial charge in [0.25, 0.3) is 0 Å². The molecule has 0 spiro atoms. The molecule has 3 rings (SSSR count). The number of guanidine groups is 1. The minimum Gasteiger partial charge on any atom is -0.356 e. The Kier molecular flexibility index (Phi) is 9.54. The zero-order chi connectivity index (χ0) is 18.7. The first kappa shape index (κ1) is 21.9. The van der Waals surface area contributed by atoms with Crippen LogP contribution in [-0.4, -0.2) is 35.9 Å². The fraction of sp³-hybridized carbons (Fsp3) is 0.273. The third-order valence-corrected chi connectivity index (χ3v) is 4.55. The van der Waals surface area contributed by atoms with Crippen molar-refractivity contribution in [2.24, 2.45) is 4.99 Å². The van der Waals surface area contributed by atoms with Gasteiger partial charge in [-0.25, -0.2) is 0 Å². The third-order valence-electron chi connectivity index (χ3n) is 4.55. The number of halogens is 1. The number of hydrogen-bond donors (Lipinski definition) is 2. The molecule has 2 N–H and O–H groups in total. The Morgan fingerprint density at radius 3 is 2.07 bits per heavy atom. The molecular weight excluding hydrogens is 461 g/mol. The number of nitrogens with zero attached hydrogens (tertiary/aromatic N) is 3. The van der Waals surface area contributed by atoms with Crippen LogP contribution < -0.4 is 10.6 Å². The molecule has 2 aromatic carbocycles. The molecule has 0 amide bonds. The largest absolute Gasteiger partial charge is 0.356 e. The Hall–Kier alpha value is -2.35. The number of nitrogens with one attached hydrogen (secondary N) is 2. The normalized spacial score (nSPS) is 11.1. The lowest BCUT2D eigenvalue weighted by atomic mass is 9.88. The van der Waals surface area contributed by atoms with Crippen LogP contribution in [0.5, 0.6) is 0 Å². The summed E-state index contributed by atoms with van der Waals surface area (Å²) in [5.41, 5.74) is 2.68. The van der Waals surface area contributed by atoms with Gasteiger partial charge in [-0.2, -0.15) is 5.10 Å². The van der Waals surface area contributed by atoms with E-state index >= 15 is 0 Å². The Labute approximate surface area is 184 Å². The Morgan fingerprint density at radius 2 is 1.54 bits per heavy atom. The van der Waals surface area contributed by atoms with Crippen LogP contribution in [0, 0.1) is 0 Å². The van der Waals surface area contributed by atoms with E-state index in [0.717, 1.165) is 32.0 Å². The fourth-order valence-corrected chi connectivity index (χ4v) is 3.17. The van der Waals surface area contributed by atoms with Crippen LogP contribution >= 0.6 is 24.0 Å². The summed E-state index contributed by atoms with van der Waals surface area (Å²) in [7, 11) is 1.80.